The molecule has 4 atom stereocenters. The van der Waals surface area contributed by atoms with E-state index in [9.17, 15) is 19.2 Å². The second kappa shape index (κ2) is 13.0. The smallest absolute Gasteiger partial charge is 0.329 e. The molecule has 12 heteroatoms. The molecule has 0 radical (unpaired) electrons. The van der Waals surface area contributed by atoms with Crippen LogP contribution in [0.4, 0.5) is 0 Å². The molecule has 2 amide bonds. The fraction of sp³-hybridized carbons (Fsp3) is 0.778. The standard InChI is InChI=1S/C18H30N4O6S2/c1-27-17(25)13(21-15(23)11-5-3-7-19-11)9-29-30-10-14(18(26)28-2)22-16(24)12-6-4-8-20-12/h11-14,19-20H,3-10H2,1-2H3,(H,21,23)(H,22,24)/t11-,12+,13?,14?. The number of hydrogen-bond acceptors (Lipinski definition) is 10. The third-order valence-corrected chi connectivity index (χ3v) is 7.33. The van der Waals surface area contributed by atoms with Crippen LogP contribution in [0.2, 0.25) is 0 Å². The van der Waals surface area contributed by atoms with Gasteiger partial charge in [-0.05, 0) is 38.8 Å². The Morgan fingerprint density at radius 2 is 1.23 bits per heavy atom. The first kappa shape index (κ1) is 24.8. The maximum Gasteiger partial charge on any atom is 0.329 e. The average molecular weight is 463 g/mol. The molecule has 2 fully saturated rings. The number of carbonyl (C=O) groups is 4. The molecule has 0 spiro atoms. The number of amides is 2. The van der Waals surface area contributed by atoms with Gasteiger partial charge in [0.15, 0.2) is 0 Å². The van der Waals surface area contributed by atoms with E-state index in [0.29, 0.717) is 0 Å². The molecule has 2 heterocycles. The predicted molar refractivity (Wildman–Crippen MR) is 115 cm³/mol. The van der Waals surface area contributed by atoms with Crippen molar-refractivity contribution in [3.8, 4) is 0 Å². The molecular weight excluding hydrogens is 432 g/mol. The summed E-state index contributed by atoms with van der Waals surface area (Å²) in [6, 6.07) is -2.18. The number of rotatable bonds is 11. The third-order valence-electron chi connectivity index (χ3n) is 4.91. The Kier molecular flexibility index (Phi) is 10.8. The molecule has 2 rings (SSSR count). The van der Waals surface area contributed by atoms with Crippen LogP contribution in [0.25, 0.3) is 0 Å². The monoisotopic (exact) mass is 462 g/mol. The van der Waals surface area contributed by atoms with Crippen molar-refractivity contribution in [1.82, 2.24) is 21.3 Å². The van der Waals surface area contributed by atoms with Crippen LogP contribution in [-0.2, 0) is 28.7 Å². The normalized spacial score (nSPS) is 22.7. The zero-order valence-corrected chi connectivity index (χ0v) is 18.9. The van der Waals surface area contributed by atoms with Gasteiger partial charge in [0.05, 0.1) is 26.3 Å². The van der Waals surface area contributed by atoms with Gasteiger partial charge in [0, 0.05) is 11.5 Å². The molecule has 0 aromatic rings. The highest BCUT2D eigenvalue weighted by Gasteiger charge is 2.30. The van der Waals surface area contributed by atoms with Gasteiger partial charge in [0.1, 0.15) is 12.1 Å². The highest BCUT2D eigenvalue weighted by molar-refractivity contribution is 8.76. The summed E-state index contributed by atoms with van der Waals surface area (Å²) in [6.45, 7) is 1.56. The first-order valence-electron chi connectivity index (χ1n) is 9.93. The molecule has 0 bridgehead atoms. The summed E-state index contributed by atoms with van der Waals surface area (Å²) in [6.07, 6.45) is 3.31. The topological polar surface area (TPSA) is 135 Å². The Bertz CT molecular complexity index is 559. The number of nitrogens with one attached hydrogen (secondary N) is 4. The van der Waals surface area contributed by atoms with E-state index in [4.69, 9.17) is 9.47 Å². The fourth-order valence-electron chi connectivity index (χ4n) is 3.22. The fourth-order valence-corrected chi connectivity index (χ4v) is 5.51. The van der Waals surface area contributed by atoms with Crippen molar-refractivity contribution < 1.29 is 28.7 Å². The van der Waals surface area contributed by atoms with Crippen LogP contribution in [0.15, 0.2) is 0 Å². The highest BCUT2D eigenvalue weighted by Crippen LogP contribution is 2.24. The van der Waals surface area contributed by atoms with Gasteiger partial charge in [0.25, 0.3) is 0 Å². The Labute approximate surface area is 184 Å². The Morgan fingerprint density at radius 3 is 1.53 bits per heavy atom. The maximum atomic E-state index is 12.3. The molecule has 170 valence electrons. The maximum absolute atomic E-state index is 12.3. The van der Waals surface area contributed by atoms with Crippen LogP contribution >= 0.6 is 21.6 Å². The molecule has 0 saturated carbocycles. The lowest BCUT2D eigenvalue weighted by molar-refractivity contribution is -0.144. The highest BCUT2D eigenvalue weighted by atomic mass is 33.1. The minimum atomic E-state index is -0.795. The second-order valence-corrected chi connectivity index (χ2v) is 9.59. The summed E-state index contributed by atoms with van der Waals surface area (Å²) in [5.74, 6) is -0.974. The van der Waals surface area contributed by atoms with Gasteiger partial charge in [-0.2, -0.15) is 0 Å². The van der Waals surface area contributed by atoms with E-state index >= 15 is 0 Å². The largest absolute Gasteiger partial charge is 0.467 e. The van der Waals surface area contributed by atoms with E-state index in [2.05, 4.69) is 21.3 Å². The lowest BCUT2D eigenvalue weighted by Crippen LogP contribution is -2.50. The predicted octanol–water partition coefficient (Wildman–Crippen LogP) is -0.813. The van der Waals surface area contributed by atoms with E-state index in [0.717, 1.165) is 38.8 Å². The Balaban J connectivity index is 1.80. The summed E-state index contributed by atoms with van der Waals surface area (Å²) < 4.78 is 9.57. The van der Waals surface area contributed by atoms with Gasteiger partial charge in [-0.15, -0.1) is 0 Å². The van der Waals surface area contributed by atoms with Crippen molar-refractivity contribution in [2.75, 3.05) is 38.8 Å². The van der Waals surface area contributed by atoms with Crippen LogP contribution in [0.3, 0.4) is 0 Å². The van der Waals surface area contributed by atoms with Crippen molar-refractivity contribution in [3.05, 3.63) is 0 Å². The summed E-state index contributed by atoms with van der Waals surface area (Å²) in [7, 11) is 5.16. The van der Waals surface area contributed by atoms with Crippen LogP contribution in [0.1, 0.15) is 25.7 Å². The van der Waals surface area contributed by atoms with Crippen LogP contribution in [-0.4, -0.2) is 86.7 Å². The molecule has 2 aliphatic rings. The Hall–Kier alpha value is -1.50. The summed E-state index contributed by atoms with van der Waals surface area (Å²) in [5.41, 5.74) is 0. The van der Waals surface area contributed by atoms with Crippen LogP contribution in [0, 0.1) is 0 Å². The van der Waals surface area contributed by atoms with Gasteiger partial charge >= 0.3 is 11.9 Å². The van der Waals surface area contributed by atoms with Crippen molar-refractivity contribution in [1.29, 1.82) is 0 Å². The van der Waals surface area contributed by atoms with Crippen molar-refractivity contribution in [3.63, 3.8) is 0 Å². The first-order valence-corrected chi connectivity index (χ1v) is 12.4. The molecule has 4 N–H and O–H groups in total. The number of carbonyl (C=O) groups excluding carboxylic acids is 4. The zero-order chi connectivity index (χ0) is 21.9. The number of esters is 2. The Morgan fingerprint density at radius 1 is 0.833 bits per heavy atom. The molecule has 0 aliphatic carbocycles. The average Bonchev–Trinajstić information content (AvgIpc) is 3.47. The third kappa shape index (κ3) is 7.64. The van der Waals surface area contributed by atoms with Crippen molar-refractivity contribution in [2.45, 2.75) is 49.9 Å². The first-order chi connectivity index (χ1) is 14.5. The second-order valence-electron chi connectivity index (χ2n) is 7.04. The molecule has 10 nitrogen and oxygen atoms in total. The van der Waals surface area contributed by atoms with Crippen molar-refractivity contribution >= 4 is 45.3 Å². The van der Waals surface area contributed by atoms with Gasteiger partial charge in [0.2, 0.25) is 11.8 Å². The number of hydrogen-bond donors (Lipinski definition) is 4. The molecule has 0 aromatic heterocycles. The van der Waals surface area contributed by atoms with E-state index < -0.39 is 24.0 Å². The van der Waals surface area contributed by atoms with Crippen molar-refractivity contribution in [2.24, 2.45) is 0 Å². The van der Waals surface area contributed by atoms with E-state index in [1.807, 2.05) is 0 Å². The molecule has 2 unspecified atom stereocenters. The molecule has 30 heavy (non-hydrogen) atoms. The quantitative estimate of drug-likeness (QED) is 0.175. The van der Waals surface area contributed by atoms with Gasteiger partial charge in [-0.25, -0.2) is 9.59 Å². The molecule has 0 aromatic carbocycles. The number of ether oxygens (including phenoxy) is 2. The minimum absolute atomic E-state index is 0.225. The summed E-state index contributed by atoms with van der Waals surface area (Å²) >= 11 is 0. The summed E-state index contributed by atoms with van der Waals surface area (Å²) in [5, 5.41) is 11.6. The van der Waals surface area contributed by atoms with Gasteiger partial charge in [-0.3, -0.25) is 9.59 Å². The minimum Gasteiger partial charge on any atom is -0.467 e. The van der Waals surface area contributed by atoms with Crippen LogP contribution in [0.5, 0.6) is 0 Å². The van der Waals surface area contributed by atoms with E-state index in [-0.39, 0.29) is 35.4 Å². The lowest BCUT2D eigenvalue weighted by atomic mass is 10.2. The number of methoxy groups -OCH3 is 2. The summed E-state index contributed by atoms with van der Waals surface area (Å²) in [4.78, 5) is 48.6. The van der Waals surface area contributed by atoms with Gasteiger partial charge < -0.3 is 30.7 Å². The molecule has 2 saturated heterocycles. The van der Waals surface area contributed by atoms with E-state index in [1.165, 1.54) is 35.8 Å². The van der Waals surface area contributed by atoms with E-state index in [1.54, 1.807) is 0 Å². The lowest BCUT2D eigenvalue weighted by Gasteiger charge is -2.20. The molecular formula is C18H30N4O6S2. The van der Waals surface area contributed by atoms with Gasteiger partial charge in [-0.1, -0.05) is 21.6 Å². The SMILES string of the molecule is COC(=O)C(CSSCC(NC(=O)[C@H]1CCCN1)C(=O)OC)NC(=O)[C@@H]1CCCN1. The molecule has 2 aliphatic heterocycles. The van der Waals surface area contributed by atoms with Crippen LogP contribution < -0.4 is 21.3 Å². The zero-order valence-electron chi connectivity index (χ0n) is 17.2.